The zero-order valence-corrected chi connectivity index (χ0v) is 17.9. The van der Waals surface area contributed by atoms with Crippen molar-refractivity contribution in [1.82, 2.24) is 20.2 Å². The van der Waals surface area contributed by atoms with E-state index in [1.807, 2.05) is 24.4 Å². The van der Waals surface area contributed by atoms with E-state index in [4.69, 9.17) is 0 Å². The van der Waals surface area contributed by atoms with E-state index in [0.29, 0.717) is 18.0 Å². The Labute approximate surface area is 177 Å². The summed E-state index contributed by atoms with van der Waals surface area (Å²) in [6.45, 7) is 5.10. The highest BCUT2D eigenvalue weighted by Gasteiger charge is 2.49. The fourth-order valence-electron chi connectivity index (χ4n) is 6.08. The number of fused-ring (bicyclic) bond motifs is 3. The molecule has 2 heterocycles. The van der Waals surface area contributed by atoms with Gasteiger partial charge in [0.05, 0.1) is 17.3 Å². The first kappa shape index (κ1) is 19.6. The Morgan fingerprint density at radius 1 is 1.13 bits per heavy atom. The van der Waals surface area contributed by atoms with Gasteiger partial charge in [0.1, 0.15) is 0 Å². The molecule has 0 spiro atoms. The van der Waals surface area contributed by atoms with Crippen molar-refractivity contribution in [3.05, 3.63) is 36.2 Å². The van der Waals surface area contributed by atoms with Gasteiger partial charge >= 0.3 is 0 Å². The minimum atomic E-state index is -0.0562. The standard InChI is InChI=1S/C24H32N4O2/c1-24(2)18(14-25-22(29)17-11-15-5-6-16(10-15)12-17)13-21(24)27-23(30)19-4-3-9-28-20(19)7-8-26-28/h3-4,7-9,15-18,21H,5-6,10-14H2,1-2H3,(H,25,29)(H,27,30). The molecule has 0 aromatic carbocycles. The highest BCUT2D eigenvalue weighted by Crippen LogP contribution is 2.47. The molecule has 3 saturated carbocycles. The molecule has 3 aliphatic carbocycles. The molecule has 2 N–H and O–H groups in total. The predicted octanol–water partition coefficient (Wildman–Crippen LogP) is 3.42. The number of carbonyl (C=O) groups excluding carboxylic acids is 2. The van der Waals surface area contributed by atoms with E-state index in [1.165, 1.54) is 19.3 Å². The molecule has 0 aliphatic heterocycles. The summed E-state index contributed by atoms with van der Waals surface area (Å²) in [5, 5.41) is 10.7. The van der Waals surface area contributed by atoms with Crippen molar-refractivity contribution in [2.75, 3.05) is 6.54 Å². The van der Waals surface area contributed by atoms with Crippen LogP contribution in [0.25, 0.3) is 5.52 Å². The van der Waals surface area contributed by atoms with Crippen molar-refractivity contribution >= 4 is 17.3 Å². The van der Waals surface area contributed by atoms with Crippen LogP contribution in [0, 0.1) is 29.1 Å². The third kappa shape index (κ3) is 3.40. The van der Waals surface area contributed by atoms with Gasteiger partial charge in [-0.15, -0.1) is 0 Å². The molecule has 4 atom stereocenters. The molecule has 2 aromatic rings. The fraction of sp³-hybridized carbons (Fsp3) is 0.625. The molecule has 0 radical (unpaired) electrons. The van der Waals surface area contributed by atoms with Crippen LogP contribution in [-0.4, -0.2) is 34.0 Å². The minimum absolute atomic E-state index is 0.0418. The van der Waals surface area contributed by atoms with Gasteiger partial charge in [-0.25, -0.2) is 4.52 Å². The van der Waals surface area contributed by atoms with E-state index in [9.17, 15) is 9.59 Å². The minimum Gasteiger partial charge on any atom is -0.356 e. The summed E-state index contributed by atoms with van der Waals surface area (Å²) in [6.07, 6.45) is 10.6. The summed E-state index contributed by atoms with van der Waals surface area (Å²) in [5.74, 6) is 2.35. The van der Waals surface area contributed by atoms with Crippen LogP contribution in [-0.2, 0) is 4.79 Å². The molecule has 160 valence electrons. The number of hydrogen-bond donors (Lipinski definition) is 2. The highest BCUT2D eigenvalue weighted by atomic mass is 16.2. The maximum absolute atomic E-state index is 12.9. The number of amides is 2. The predicted molar refractivity (Wildman–Crippen MR) is 115 cm³/mol. The third-order valence-electron chi connectivity index (χ3n) is 8.24. The number of carbonyl (C=O) groups is 2. The van der Waals surface area contributed by atoms with Crippen LogP contribution in [0.5, 0.6) is 0 Å². The second-order valence-electron chi connectivity index (χ2n) is 10.3. The summed E-state index contributed by atoms with van der Waals surface area (Å²) in [5.41, 5.74) is 1.42. The van der Waals surface area contributed by atoms with Crippen molar-refractivity contribution in [2.24, 2.45) is 29.1 Å². The van der Waals surface area contributed by atoms with Crippen molar-refractivity contribution < 1.29 is 9.59 Å². The van der Waals surface area contributed by atoms with Gasteiger partial charge < -0.3 is 10.6 Å². The maximum atomic E-state index is 12.9. The molecule has 2 aromatic heterocycles. The van der Waals surface area contributed by atoms with Gasteiger partial charge in [-0.1, -0.05) is 26.7 Å². The van der Waals surface area contributed by atoms with Crippen molar-refractivity contribution in [3.8, 4) is 0 Å². The summed E-state index contributed by atoms with van der Waals surface area (Å²) in [6, 6.07) is 5.65. The molecule has 4 unspecified atom stereocenters. The van der Waals surface area contributed by atoms with Crippen LogP contribution in [0.1, 0.15) is 62.7 Å². The highest BCUT2D eigenvalue weighted by molar-refractivity contribution is 6.00. The molecule has 2 amide bonds. The fourth-order valence-corrected chi connectivity index (χ4v) is 6.08. The summed E-state index contributed by atoms with van der Waals surface area (Å²) >= 11 is 0. The SMILES string of the molecule is CC1(C)C(CNC(=O)C2CC3CCC(C3)C2)CC1NC(=O)c1cccn2nccc12. The van der Waals surface area contributed by atoms with Gasteiger partial charge in [-0.2, -0.15) is 5.10 Å². The molecule has 3 aliphatic rings. The van der Waals surface area contributed by atoms with Crippen LogP contribution in [0.15, 0.2) is 30.6 Å². The van der Waals surface area contributed by atoms with E-state index in [1.54, 1.807) is 10.7 Å². The summed E-state index contributed by atoms with van der Waals surface area (Å²) < 4.78 is 1.72. The van der Waals surface area contributed by atoms with E-state index in [-0.39, 0.29) is 29.2 Å². The maximum Gasteiger partial charge on any atom is 0.253 e. The second-order valence-corrected chi connectivity index (χ2v) is 10.3. The molecule has 30 heavy (non-hydrogen) atoms. The quantitative estimate of drug-likeness (QED) is 0.796. The third-order valence-corrected chi connectivity index (χ3v) is 8.24. The average Bonchev–Trinajstić information content (AvgIpc) is 3.35. The van der Waals surface area contributed by atoms with Gasteiger partial charge in [0, 0.05) is 24.7 Å². The largest absolute Gasteiger partial charge is 0.356 e. The number of rotatable bonds is 5. The number of hydrogen-bond acceptors (Lipinski definition) is 3. The smallest absolute Gasteiger partial charge is 0.253 e. The molecule has 5 rings (SSSR count). The van der Waals surface area contributed by atoms with Gasteiger partial charge in [-0.05, 0) is 67.1 Å². The number of aromatic nitrogens is 2. The first-order valence-corrected chi connectivity index (χ1v) is 11.4. The lowest BCUT2D eigenvalue weighted by atomic mass is 9.58. The topological polar surface area (TPSA) is 75.5 Å². The molecule has 6 heteroatoms. The van der Waals surface area contributed by atoms with Crippen LogP contribution in [0.2, 0.25) is 0 Å². The van der Waals surface area contributed by atoms with Crippen molar-refractivity contribution in [3.63, 3.8) is 0 Å². The molecular weight excluding hydrogens is 376 g/mol. The van der Waals surface area contributed by atoms with Gasteiger partial charge in [0.2, 0.25) is 5.91 Å². The lowest BCUT2D eigenvalue weighted by molar-refractivity contribution is -0.127. The van der Waals surface area contributed by atoms with Gasteiger partial charge in [0.15, 0.2) is 0 Å². The Hall–Kier alpha value is -2.37. The normalized spacial score (nSPS) is 31.9. The Morgan fingerprint density at radius 2 is 1.90 bits per heavy atom. The van der Waals surface area contributed by atoms with Crippen LogP contribution >= 0.6 is 0 Å². The molecule has 0 saturated heterocycles. The number of nitrogens with one attached hydrogen (secondary N) is 2. The summed E-state index contributed by atoms with van der Waals surface area (Å²) in [4.78, 5) is 25.6. The Morgan fingerprint density at radius 3 is 2.63 bits per heavy atom. The first-order valence-electron chi connectivity index (χ1n) is 11.4. The molecule has 2 bridgehead atoms. The van der Waals surface area contributed by atoms with Crippen LogP contribution in [0.3, 0.4) is 0 Å². The zero-order valence-electron chi connectivity index (χ0n) is 17.9. The number of nitrogens with zero attached hydrogens (tertiary/aromatic N) is 2. The zero-order chi connectivity index (χ0) is 20.9. The molecular formula is C24H32N4O2. The lowest BCUT2D eigenvalue weighted by Crippen LogP contribution is -2.61. The number of pyridine rings is 1. The van der Waals surface area contributed by atoms with Crippen LogP contribution in [0.4, 0.5) is 0 Å². The van der Waals surface area contributed by atoms with Gasteiger partial charge in [-0.3, -0.25) is 9.59 Å². The monoisotopic (exact) mass is 408 g/mol. The van der Waals surface area contributed by atoms with E-state index < -0.39 is 0 Å². The van der Waals surface area contributed by atoms with Crippen molar-refractivity contribution in [2.45, 2.75) is 58.4 Å². The Kier molecular flexibility index (Phi) is 4.83. The molecule has 6 nitrogen and oxygen atoms in total. The van der Waals surface area contributed by atoms with Crippen LogP contribution < -0.4 is 10.6 Å². The Bertz CT molecular complexity index is 953. The first-order chi connectivity index (χ1) is 14.4. The molecule has 3 fully saturated rings. The van der Waals surface area contributed by atoms with Crippen molar-refractivity contribution in [1.29, 1.82) is 0 Å². The van der Waals surface area contributed by atoms with Gasteiger partial charge in [0.25, 0.3) is 5.91 Å². The summed E-state index contributed by atoms with van der Waals surface area (Å²) in [7, 11) is 0. The van der Waals surface area contributed by atoms with E-state index >= 15 is 0 Å². The van der Waals surface area contributed by atoms with E-state index in [0.717, 1.165) is 36.6 Å². The van der Waals surface area contributed by atoms with E-state index in [2.05, 4.69) is 29.6 Å². The second kappa shape index (κ2) is 7.40. The lowest BCUT2D eigenvalue weighted by Gasteiger charge is -2.52. The average molecular weight is 409 g/mol. The Balaban J connectivity index is 1.15.